The first-order valence-corrected chi connectivity index (χ1v) is 3.91. The maximum absolute atomic E-state index is 9.11. The van der Waals surface area contributed by atoms with E-state index in [1.54, 1.807) is 12.1 Å². The van der Waals surface area contributed by atoms with Crippen LogP contribution in [0.25, 0.3) is 0 Å². The number of nitrogens with zero attached hydrogens (tertiary/aromatic N) is 1. The van der Waals surface area contributed by atoms with Crippen molar-refractivity contribution in [2.24, 2.45) is 10.9 Å². The minimum absolute atomic E-state index is 0.00991. The molecule has 0 aliphatic rings. The Morgan fingerprint density at radius 2 is 2.17 bits per heavy atom. The van der Waals surface area contributed by atoms with E-state index in [0.717, 1.165) is 0 Å². The predicted octanol–water partition coefficient (Wildman–Crippen LogP) is 1.25. The molecule has 0 aliphatic carbocycles. The molecule has 0 radical (unpaired) electrons. The summed E-state index contributed by atoms with van der Waals surface area (Å²) in [6, 6.07) is 4.57. The van der Waals surface area contributed by atoms with Crippen molar-refractivity contribution in [3.05, 3.63) is 28.2 Å². The molecule has 4 N–H and O–H groups in total. The van der Waals surface area contributed by atoms with E-state index in [1.165, 1.54) is 6.07 Å². The molecular weight excluding hydrogens is 224 g/mol. The molecule has 1 aromatic rings. The first-order chi connectivity index (χ1) is 5.65. The van der Waals surface area contributed by atoms with Gasteiger partial charge in [0.05, 0.1) is 4.47 Å². The van der Waals surface area contributed by atoms with Gasteiger partial charge in [0.1, 0.15) is 5.75 Å². The van der Waals surface area contributed by atoms with E-state index < -0.39 is 0 Å². The van der Waals surface area contributed by atoms with Crippen LogP contribution >= 0.6 is 15.9 Å². The number of rotatable bonds is 1. The maximum Gasteiger partial charge on any atom is 0.170 e. The van der Waals surface area contributed by atoms with Crippen LogP contribution in [0.4, 0.5) is 0 Å². The van der Waals surface area contributed by atoms with Crippen molar-refractivity contribution in [1.82, 2.24) is 0 Å². The number of oxime groups is 1. The van der Waals surface area contributed by atoms with Crippen LogP contribution in [-0.4, -0.2) is 16.1 Å². The Bertz CT molecular complexity index is 325. The molecule has 0 unspecified atom stereocenters. The monoisotopic (exact) mass is 230 g/mol. The summed E-state index contributed by atoms with van der Waals surface area (Å²) in [6.45, 7) is 0. The second-order valence-corrected chi connectivity index (χ2v) is 3.01. The van der Waals surface area contributed by atoms with E-state index in [-0.39, 0.29) is 11.6 Å². The van der Waals surface area contributed by atoms with Crippen LogP contribution in [-0.2, 0) is 0 Å². The molecule has 0 aliphatic heterocycles. The Hall–Kier alpha value is -1.23. The van der Waals surface area contributed by atoms with Crippen LogP contribution in [0.5, 0.6) is 5.75 Å². The zero-order valence-corrected chi connectivity index (χ0v) is 7.62. The van der Waals surface area contributed by atoms with Gasteiger partial charge in [-0.2, -0.15) is 0 Å². The van der Waals surface area contributed by atoms with Gasteiger partial charge in [0, 0.05) is 5.56 Å². The van der Waals surface area contributed by atoms with Crippen LogP contribution in [0.15, 0.2) is 27.8 Å². The molecule has 12 heavy (non-hydrogen) atoms. The topological polar surface area (TPSA) is 78.8 Å². The highest BCUT2D eigenvalue weighted by Crippen LogP contribution is 2.23. The molecule has 1 aromatic carbocycles. The molecule has 64 valence electrons. The molecule has 4 nitrogen and oxygen atoms in total. The smallest absolute Gasteiger partial charge is 0.170 e. The van der Waals surface area contributed by atoms with Crippen molar-refractivity contribution in [3.63, 3.8) is 0 Å². The normalized spacial score (nSPS) is 11.6. The first kappa shape index (κ1) is 8.86. The Balaban J connectivity index is 3.13. The van der Waals surface area contributed by atoms with Gasteiger partial charge >= 0.3 is 0 Å². The van der Waals surface area contributed by atoms with Crippen molar-refractivity contribution in [2.75, 3.05) is 0 Å². The number of phenolic OH excluding ortho intramolecular Hbond substituents is 1. The number of phenols is 1. The van der Waals surface area contributed by atoms with Gasteiger partial charge in [-0.15, -0.1) is 0 Å². The van der Waals surface area contributed by atoms with Gasteiger partial charge in [-0.25, -0.2) is 0 Å². The number of aromatic hydroxyl groups is 1. The quantitative estimate of drug-likeness (QED) is 0.294. The van der Waals surface area contributed by atoms with Gasteiger partial charge in [0.15, 0.2) is 5.84 Å². The number of hydrogen-bond acceptors (Lipinski definition) is 3. The van der Waals surface area contributed by atoms with E-state index in [4.69, 9.17) is 16.0 Å². The molecule has 0 heterocycles. The number of amidine groups is 1. The van der Waals surface area contributed by atoms with Gasteiger partial charge in [-0.3, -0.25) is 0 Å². The number of hydrogen-bond donors (Lipinski definition) is 3. The fourth-order valence-electron chi connectivity index (χ4n) is 0.724. The maximum atomic E-state index is 9.11. The van der Waals surface area contributed by atoms with Gasteiger partial charge in [-0.1, -0.05) is 5.16 Å². The third-order valence-electron chi connectivity index (χ3n) is 1.35. The average molecular weight is 231 g/mol. The third kappa shape index (κ3) is 1.68. The van der Waals surface area contributed by atoms with Crippen LogP contribution in [0.2, 0.25) is 0 Å². The van der Waals surface area contributed by atoms with Gasteiger partial charge < -0.3 is 16.0 Å². The summed E-state index contributed by atoms with van der Waals surface area (Å²) >= 11 is 3.10. The van der Waals surface area contributed by atoms with Crippen molar-refractivity contribution in [3.8, 4) is 5.75 Å². The molecule has 1 rings (SSSR count). The second kappa shape index (κ2) is 3.44. The molecule has 0 amide bonds. The van der Waals surface area contributed by atoms with Crippen molar-refractivity contribution in [1.29, 1.82) is 0 Å². The predicted molar refractivity (Wildman–Crippen MR) is 48.3 cm³/mol. The molecule has 5 heteroatoms. The Morgan fingerprint density at radius 1 is 1.50 bits per heavy atom. The fraction of sp³-hybridized carbons (Fsp3) is 0. The molecule has 0 atom stereocenters. The molecule has 0 saturated heterocycles. The summed E-state index contributed by atoms with van der Waals surface area (Å²) in [5.74, 6) is 0.125. The minimum atomic E-state index is 0.00991. The van der Waals surface area contributed by atoms with E-state index in [2.05, 4.69) is 21.1 Å². The lowest BCUT2D eigenvalue weighted by Gasteiger charge is -2.00. The number of benzene rings is 1. The lowest BCUT2D eigenvalue weighted by molar-refractivity contribution is 0.318. The molecule has 0 aromatic heterocycles. The van der Waals surface area contributed by atoms with Crippen LogP contribution in [0.1, 0.15) is 5.56 Å². The lowest BCUT2D eigenvalue weighted by atomic mass is 10.2. The highest BCUT2D eigenvalue weighted by Gasteiger charge is 2.02. The number of halogens is 1. The Labute approximate surface area is 77.4 Å². The Morgan fingerprint density at radius 3 is 2.67 bits per heavy atom. The lowest BCUT2D eigenvalue weighted by Crippen LogP contribution is -2.12. The van der Waals surface area contributed by atoms with Gasteiger partial charge in [0.2, 0.25) is 0 Å². The molecule has 0 spiro atoms. The summed E-state index contributed by atoms with van der Waals surface area (Å²) < 4.78 is 0.506. The highest BCUT2D eigenvalue weighted by atomic mass is 79.9. The first-order valence-electron chi connectivity index (χ1n) is 3.11. The minimum Gasteiger partial charge on any atom is -0.507 e. The standard InChI is InChI=1S/C7H7BrN2O2/c8-5-3-4(7(9)10-12)1-2-6(5)11/h1-3,11-12H,(H2,9,10). The summed E-state index contributed by atoms with van der Waals surface area (Å²) in [5, 5.41) is 20.3. The molecular formula is C7H7BrN2O2. The van der Waals surface area contributed by atoms with Crippen molar-refractivity contribution >= 4 is 21.8 Å². The highest BCUT2D eigenvalue weighted by molar-refractivity contribution is 9.10. The zero-order valence-electron chi connectivity index (χ0n) is 6.03. The van der Waals surface area contributed by atoms with Crippen LogP contribution in [0, 0.1) is 0 Å². The SMILES string of the molecule is N/C(=N/O)c1ccc(O)c(Br)c1. The largest absolute Gasteiger partial charge is 0.507 e. The fourth-order valence-corrected chi connectivity index (χ4v) is 1.10. The van der Waals surface area contributed by atoms with E-state index in [1.807, 2.05) is 0 Å². The van der Waals surface area contributed by atoms with E-state index in [0.29, 0.717) is 10.0 Å². The van der Waals surface area contributed by atoms with Crippen molar-refractivity contribution in [2.45, 2.75) is 0 Å². The summed E-state index contributed by atoms with van der Waals surface area (Å²) in [5.41, 5.74) is 5.85. The van der Waals surface area contributed by atoms with Crippen molar-refractivity contribution < 1.29 is 10.3 Å². The summed E-state index contributed by atoms with van der Waals surface area (Å²) in [7, 11) is 0. The van der Waals surface area contributed by atoms with Gasteiger partial charge in [-0.05, 0) is 34.1 Å². The van der Waals surface area contributed by atoms with E-state index in [9.17, 15) is 0 Å². The average Bonchev–Trinajstić information content (AvgIpc) is 2.08. The second-order valence-electron chi connectivity index (χ2n) is 2.15. The summed E-state index contributed by atoms with van der Waals surface area (Å²) in [6.07, 6.45) is 0. The van der Waals surface area contributed by atoms with E-state index >= 15 is 0 Å². The molecule has 0 fully saturated rings. The van der Waals surface area contributed by atoms with Crippen LogP contribution in [0.3, 0.4) is 0 Å². The Kier molecular flexibility index (Phi) is 2.54. The van der Waals surface area contributed by atoms with Gasteiger partial charge in [0.25, 0.3) is 0 Å². The summed E-state index contributed by atoms with van der Waals surface area (Å²) in [4.78, 5) is 0. The molecule has 0 bridgehead atoms. The zero-order chi connectivity index (χ0) is 9.14. The third-order valence-corrected chi connectivity index (χ3v) is 1.99. The molecule has 0 saturated carbocycles. The van der Waals surface area contributed by atoms with Crippen LogP contribution < -0.4 is 5.73 Å². The number of nitrogens with two attached hydrogens (primary N) is 1.